The highest BCUT2D eigenvalue weighted by Gasteiger charge is 2.28. The fraction of sp³-hybridized carbons (Fsp3) is 0.500. The van der Waals surface area contributed by atoms with Crippen molar-refractivity contribution in [1.29, 1.82) is 0 Å². The number of ether oxygens (including phenoxy) is 2. The number of methoxy groups -OCH3 is 2. The highest BCUT2D eigenvalue weighted by atomic mass is 16.5. The van der Waals surface area contributed by atoms with Crippen LogP contribution in [-0.2, 0) is 0 Å². The standard InChI is InChI=1S/C20H26N2O5/c1-12(23)19-17(20(24)21-14-7-5-4-6-8-14)18(22-27-19)13-9-10-15(25-2)16(11-13)26-3/h9-12,14,23H,4-8H2,1-3H3,(H,21,24)/t12-/m0/s1. The van der Waals surface area contributed by atoms with Gasteiger partial charge in [-0.05, 0) is 38.0 Å². The highest BCUT2D eigenvalue weighted by Crippen LogP contribution is 2.35. The maximum atomic E-state index is 13.0. The molecule has 1 aromatic carbocycles. The molecule has 1 amide bonds. The lowest BCUT2D eigenvalue weighted by molar-refractivity contribution is 0.0915. The number of aliphatic hydroxyl groups is 1. The predicted molar refractivity (Wildman–Crippen MR) is 100 cm³/mol. The van der Waals surface area contributed by atoms with Crippen molar-refractivity contribution in [3.63, 3.8) is 0 Å². The summed E-state index contributed by atoms with van der Waals surface area (Å²) in [5.74, 6) is 0.987. The number of amides is 1. The summed E-state index contributed by atoms with van der Waals surface area (Å²) in [4.78, 5) is 13.0. The van der Waals surface area contributed by atoms with Gasteiger partial charge < -0.3 is 24.4 Å². The Kier molecular flexibility index (Phi) is 6.01. The van der Waals surface area contributed by atoms with E-state index in [9.17, 15) is 9.90 Å². The zero-order valence-corrected chi connectivity index (χ0v) is 15.9. The van der Waals surface area contributed by atoms with Gasteiger partial charge >= 0.3 is 0 Å². The van der Waals surface area contributed by atoms with Gasteiger partial charge in [0.2, 0.25) is 0 Å². The maximum absolute atomic E-state index is 13.0. The zero-order valence-electron chi connectivity index (χ0n) is 15.9. The Hall–Kier alpha value is -2.54. The molecule has 7 nitrogen and oxygen atoms in total. The Morgan fingerprint density at radius 1 is 1.22 bits per heavy atom. The molecule has 2 N–H and O–H groups in total. The van der Waals surface area contributed by atoms with E-state index >= 15 is 0 Å². The molecule has 0 saturated heterocycles. The smallest absolute Gasteiger partial charge is 0.257 e. The number of rotatable bonds is 6. The summed E-state index contributed by atoms with van der Waals surface area (Å²) in [5.41, 5.74) is 1.29. The van der Waals surface area contributed by atoms with Crippen LogP contribution in [0.4, 0.5) is 0 Å². The van der Waals surface area contributed by atoms with Crippen LogP contribution in [0.2, 0.25) is 0 Å². The van der Waals surface area contributed by atoms with Gasteiger partial charge in [-0.2, -0.15) is 0 Å². The molecule has 7 heteroatoms. The summed E-state index contributed by atoms with van der Waals surface area (Å²) in [5, 5.41) is 17.2. The maximum Gasteiger partial charge on any atom is 0.257 e. The third-order valence-corrected chi connectivity index (χ3v) is 4.92. The van der Waals surface area contributed by atoms with Crippen molar-refractivity contribution in [3.05, 3.63) is 29.5 Å². The molecular formula is C20H26N2O5. The molecule has 1 aromatic heterocycles. The Bertz CT molecular complexity index is 794. The summed E-state index contributed by atoms with van der Waals surface area (Å²) in [6, 6.07) is 5.40. The fourth-order valence-corrected chi connectivity index (χ4v) is 3.49. The van der Waals surface area contributed by atoms with Crippen LogP contribution in [0.25, 0.3) is 11.3 Å². The minimum atomic E-state index is -0.946. The van der Waals surface area contributed by atoms with Gasteiger partial charge in [0.25, 0.3) is 5.91 Å². The predicted octanol–water partition coefficient (Wildman–Crippen LogP) is 3.47. The third-order valence-electron chi connectivity index (χ3n) is 4.92. The normalized spacial score (nSPS) is 16.0. The number of benzene rings is 1. The first-order valence-electron chi connectivity index (χ1n) is 9.26. The molecule has 1 fully saturated rings. The van der Waals surface area contributed by atoms with Crippen molar-refractivity contribution in [2.75, 3.05) is 14.2 Å². The summed E-state index contributed by atoms with van der Waals surface area (Å²) in [7, 11) is 3.10. The molecule has 0 spiro atoms. The van der Waals surface area contributed by atoms with Crippen LogP contribution >= 0.6 is 0 Å². The number of carbonyl (C=O) groups excluding carboxylic acids is 1. The number of aromatic nitrogens is 1. The summed E-state index contributed by atoms with van der Waals surface area (Å²) >= 11 is 0. The average molecular weight is 374 g/mol. The van der Waals surface area contributed by atoms with Gasteiger partial charge in [-0.25, -0.2) is 0 Å². The second-order valence-electron chi connectivity index (χ2n) is 6.82. The number of nitrogens with zero attached hydrogens (tertiary/aromatic N) is 1. The minimum Gasteiger partial charge on any atom is -0.493 e. The first kappa shape index (κ1) is 19.2. The lowest BCUT2D eigenvalue weighted by Gasteiger charge is -2.23. The Morgan fingerprint density at radius 3 is 2.56 bits per heavy atom. The number of hydrogen-bond acceptors (Lipinski definition) is 6. The highest BCUT2D eigenvalue weighted by molar-refractivity contribution is 6.01. The summed E-state index contributed by atoms with van der Waals surface area (Å²) in [6.45, 7) is 1.55. The first-order chi connectivity index (χ1) is 13.0. The topological polar surface area (TPSA) is 93.8 Å². The molecule has 1 atom stereocenters. The van der Waals surface area contributed by atoms with E-state index < -0.39 is 6.10 Å². The van der Waals surface area contributed by atoms with Crippen molar-refractivity contribution in [2.24, 2.45) is 0 Å². The van der Waals surface area contributed by atoms with Crippen LogP contribution in [0.5, 0.6) is 11.5 Å². The molecule has 0 unspecified atom stereocenters. The average Bonchev–Trinajstić information content (AvgIpc) is 3.13. The summed E-state index contributed by atoms with van der Waals surface area (Å²) < 4.78 is 15.9. The summed E-state index contributed by atoms with van der Waals surface area (Å²) in [6.07, 6.45) is 4.41. The molecule has 1 aliphatic rings. The molecule has 1 saturated carbocycles. The fourth-order valence-electron chi connectivity index (χ4n) is 3.49. The van der Waals surface area contributed by atoms with Gasteiger partial charge in [-0.3, -0.25) is 4.79 Å². The quantitative estimate of drug-likeness (QED) is 0.804. The van der Waals surface area contributed by atoms with Crippen LogP contribution in [0, 0.1) is 0 Å². The SMILES string of the molecule is COc1ccc(-c2noc([C@H](C)O)c2C(=O)NC2CCCCC2)cc1OC. The lowest BCUT2D eigenvalue weighted by Crippen LogP contribution is -2.36. The van der Waals surface area contributed by atoms with Gasteiger partial charge in [0.05, 0.1) is 14.2 Å². The minimum absolute atomic E-state index is 0.140. The van der Waals surface area contributed by atoms with Crippen molar-refractivity contribution >= 4 is 5.91 Å². The van der Waals surface area contributed by atoms with E-state index in [0.29, 0.717) is 22.8 Å². The van der Waals surface area contributed by atoms with E-state index in [2.05, 4.69) is 10.5 Å². The van der Waals surface area contributed by atoms with Crippen LogP contribution in [-0.4, -0.2) is 36.4 Å². The Labute approximate surface area is 158 Å². The van der Waals surface area contributed by atoms with E-state index in [1.807, 2.05) is 0 Å². The molecule has 1 heterocycles. The van der Waals surface area contributed by atoms with E-state index in [4.69, 9.17) is 14.0 Å². The Morgan fingerprint density at radius 2 is 1.93 bits per heavy atom. The van der Waals surface area contributed by atoms with Gasteiger partial charge in [-0.1, -0.05) is 24.4 Å². The largest absolute Gasteiger partial charge is 0.493 e. The molecule has 0 aliphatic heterocycles. The van der Waals surface area contributed by atoms with Crippen molar-refractivity contribution in [1.82, 2.24) is 10.5 Å². The van der Waals surface area contributed by atoms with Crippen LogP contribution in [0.15, 0.2) is 22.7 Å². The molecule has 1 aliphatic carbocycles. The van der Waals surface area contributed by atoms with Gasteiger partial charge in [0.15, 0.2) is 17.3 Å². The van der Waals surface area contributed by atoms with Crippen LogP contribution < -0.4 is 14.8 Å². The second kappa shape index (κ2) is 8.43. The number of nitrogens with one attached hydrogen (secondary N) is 1. The molecular weight excluding hydrogens is 348 g/mol. The number of hydrogen-bond donors (Lipinski definition) is 2. The molecule has 3 rings (SSSR count). The lowest BCUT2D eigenvalue weighted by atomic mass is 9.95. The van der Waals surface area contributed by atoms with E-state index in [0.717, 1.165) is 25.7 Å². The molecule has 2 aromatic rings. The van der Waals surface area contributed by atoms with Gasteiger partial charge in [0, 0.05) is 11.6 Å². The third kappa shape index (κ3) is 4.08. The monoisotopic (exact) mass is 374 g/mol. The van der Waals surface area contributed by atoms with Crippen LogP contribution in [0.3, 0.4) is 0 Å². The van der Waals surface area contributed by atoms with Crippen LogP contribution in [0.1, 0.15) is 61.3 Å². The molecule has 0 radical (unpaired) electrons. The second-order valence-corrected chi connectivity index (χ2v) is 6.82. The molecule has 146 valence electrons. The van der Waals surface area contributed by atoms with Gasteiger partial charge in [-0.15, -0.1) is 0 Å². The first-order valence-corrected chi connectivity index (χ1v) is 9.26. The van der Waals surface area contributed by atoms with E-state index in [-0.39, 0.29) is 23.3 Å². The van der Waals surface area contributed by atoms with Gasteiger partial charge in [0.1, 0.15) is 17.4 Å². The van der Waals surface area contributed by atoms with E-state index in [1.54, 1.807) is 39.3 Å². The van der Waals surface area contributed by atoms with Crippen molar-refractivity contribution < 1.29 is 23.9 Å². The van der Waals surface area contributed by atoms with Crippen molar-refractivity contribution in [2.45, 2.75) is 51.2 Å². The molecule has 27 heavy (non-hydrogen) atoms. The van der Waals surface area contributed by atoms with Crippen molar-refractivity contribution in [3.8, 4) is 22.8 Å². The molecule has 0 bridgehead atoms. The zero-order chi connectivity index (χ0) is 19.4. The van der Waals surface area contributed by atoms with E-state index in [1.165, 1.54) is 6.42 Å². The number of aliphatic hydroxyl groups excluding tert-OH is 1. The number of carbonyl (C=O) groups is 1. The Balaban J connectivity index is 1.97.